The quantitative estimate of drug-likeness (QED) is 0.718. The molecule has 1 rings (SSSR count). The Balaban J connectivity index is 2.57. The molecule has 3 N–H and O–H groups in total. The topological polar surface area (TPSA) is 78.4 Å². The number of carbonyl (C=O) groups excluding carboxylic acids is 1. The number of carboxylic acid groups (broad SMARTS) is 1. The van der Waals surface area contributed by atoms with Crippen LogP contribution in [0.4, 0.5) is 10.5 Å². The lowest BCUT2D eigenvalue weighted by Crippen LogP contribution is -2.42. The van der Waals surface area contributed by atoms with Crippen LogP contribution >= 0.6 is 11.6 Å². The second kappa shape index (κ2) is 6.66. The molecule has 1 unspecified atom stereocenters. The minimum atomic E-state index is -1.11. The van der Waals surface area contributed by atoms with Gasteiger partial charge in [0.05, 0.1) is 0 Å². The van der Waals surface area contributed by atoms with Crippen molar-refractivity contribution in [3.63, 3.8) is 0 Å². The summed E-state index contributed by atoms with van der Waals surface area (Å²) in [5.41, 5.74) is 0.527. The Kier molecular flexibility index (Phi) is 5.20. The van der Waals surface area contributed by atoms with Gasteiger partial charge in [0, 0.05) is 10.7 Å². The normalized spacial score (nSPS) is 11.4. The Bertz CT molecular complexity index is 445. The number of hydrogen-bond donors (Lipinski definition) is 3. The average molecular weight is 269 g/mol. The number of amides is 2. The van der Waals surface area contributed by atoms with E-state index in [9.17, 15) is 9.59 Å². The van der Waals surface area contributed by atoms with Gasteiger partial charge in [0.1, 0.15) is 6.04 Å². The van der Waals surface area contributed by atoms with E-state index in [1.807, 2.05) is 0 Å². The first-order valence-electron chi connectivity index (χ1n) is 5.19. The van der Waals surface area contributed by atoms with E-state index in [0.717, 1.165) is 0 Å². The summed E-state index contributed by atoms with van der Waals surface area (Å²) in [5, 5.41) is 14.2. The van der Waals surface area contributed by atoms with Crippen molar-refractivity contribution in [2.45, 2.75) is 12.5 Å². The molecule has 0 aliphatic heterocycles. The molecule has 1 aromatic carbocycles. The summed E-state index contributed by atoms with van der Waals surface area (Å²) < 4.78 is 0. The number of nitrogens with one attached hydrogen (secondary N) is 2. The Morgan fingerprint density at radius 3 is 2.50 bits per heavy atom. The standard InChI is InChI=1S/C12H13ClN2O3/c1-2-3-10(11(16)17)15-12(18)14-9-6-4-8(13)5-7-9/h2,4-7,10H,1,3H2,(H,16,17)(H2,14,15,18). The molecule has 0 aromatic heterocycles. The third kappa shape index (κ3) is 4.47. The predicted molar refractivity (Wildman–Crippen MR) is 69.8 cm³/mol. The van der Waals surface area contributed by atoms with Crippen LogP contribution in [-0.4, -0.2) is 23.1 Å². The lowest BCUT2D eigenvalue weighted by molar-refractivity contribution is -0.139. The second-order valence-electron chi connectivity index (χ2n) is 3.52. The van der Waals surface area contributed by atoms with Gasteiger partial charge in [-0.15, -0.1) is 6.58 Å². The zero-order valence-electron chi connectivity index (χ0n) is 9.52. The molecule has 0 saturated heterocycles. The van der Waals surface area contributed by atoms with Crippen LogP contribution in [0.15, 0.2) is 36.9 Å². The molecule has 5 nitrogen and oxygen atoms in total. The van der Waals surface area contributed by atoms with E-state index in [0.29, 0.717) is 10.7 Å². The Morgan fingerprint density at radius 1 is 1.39 bits per heavy atom. The zero-order chi connectivity index (χ0) is 13.5. The van der Waals surface area contributed by atoms with E-state index in [1.54, 1.807) is 24.3 Å². The highest BCUT2D eigenvalue weighted by Gasteiger charge is 2.17. The SMILES string of the molecule is C=CCC(NC(=O)Nc1ccc(Cl)cc1)C(=O)O. The first-order chi connectivity index (χ1) is 8.52. The molecule has 2 amide bonds. The van der Waals surface area contributed by atoms with Crippen LogP contribution in [-0.2, 0) is 4.79 Å². The van der Waals surface area contributed by atoms with Gasteiger partial charge >= 0.3 is 12.0 Å². The van der Waals surface area contributed by atoms with Crippen molar-refractivity contribution >= 4 is 29.3 Å². The van der Waals surface area contributed by atoms with Gasteiger partial charge in [0.15, 0.2) is 0 Å². The number of urea groups is 1. The fourth-order valence-electron chi connectivity index (χ4n) is 1.25. The molecular formula is C12H13ClN2O3. The summed E-state index contributed by atoms with van der Waals surface area (Å²) in [6.45, 7) is 3.43. The van der Waals surface area contributed by atoms with Crippen LogP contribution in [0.1, 0.15) is 6.42 Å². The number of carboxylic acids is 1. The monoisotopic (exact) mass is 268 g/mol. The van der Waals surface area contributed by atoms with E-state index < -0.39 is 18.0 Å². The number of hydrogen-bond acceptors (Lipinski definition) is 2. The third-order valence-electron chi connectivity index (χ3n) is 2.11. The van der Waals surface area contributed by atoms with Crippen LogP contribution in [0, 0.1) is 0 Å². The number of anilines is 1. The Labute approximate surface area is 109 Å². The summed E-state index contributed by atoms with van der Waals surface area (Å²) in [5.74, 6) is -1.11. The molecule has 0 radical (unpaired) electrons. The molecule has 0 spiro atoms. The Morgan fingerprint density at radius 2 is 2.00 bits per heavy atom. The molecular weight excluding hydrogens is 256 g/mol. The van der Waals surface area contributed by atoms with Crippen LogP contribution in [0.5, 0.6) is 0 Å². The van der Waals surface area contributed by atoms with E-state index >= 15 is 0 Å². The summed E-state index contributed by atoms with van der Waals surface area (Å²) in [6.07, 6.45) is 1.59. The number of halogens is 1. The second-order valence-corrected chi connectivity index (χ2v) is 3.96. The lowest BCUT2D eigenvalue weighted by Gasteiger charge is -2.13. The van der Waals surface area contributed by atoms with Gasteiger partial charge < -0.3 is 15.7 Å². The molecule has 0 fully saturated rings. The highest BCUT2D eigenvalue weighted by molar-refractivity contribution is 6.30. The first kappa shape index (κ1) is 14.1. The van der Waals surface area contributed by atoms with Crippen LogP contribution < -0.4 is 10.6 Å². The first-order valence-corrected chi connectivity index (χ1v) is 5.57. The number of carbonyl (C=O) groups is 2. The molecule has 96 valence electrons. The van der Waals surface area contributed by atoms with Gasteiger partial charge in [0.25, 0.3) is 0 Å². The van der Waals surface area contributed by atoms with E-state index in [1.165, 1.54) is 6.08 Å². The van der Waals surface area contributed by atoms with Crippen LogP contribution in [0.2, 0.25) is 5.02 Å². The molecule has 1 atom stereocenters. The summed E-state index contributed by atoms with van der Waals surface area (Å²) >= 11 is 5.70. The molecule has 0 aliphatic carbocycles. The van der Waals surface area contributed by atoms with Gasteiger partial charge in [-0.05, 0) is 30.7 Å². The van der Waals surface area contributed by atoms with Gasteiger partial charge in [0.2, 0.25) is 0 Å². The fourth-order valence-corrected chi connectivity index (χ4v) is 1.37. The van der Waals surface area contributed by atoms with E-state index in [-0.39, 0.29) is 6.42 Å². The molecule has 18 heavy (non-hydrogen) atoms. The van der Waals surface area contributed by atoms with Crippen molar-refractivity contribution in [2.75, 3.05) is 5.32 Å². The minimum absolute atomic E-state index is 0.156. The summed E-state index contributed by atoms with van der Waals surface area (Å²) in [7, 11) is 0. The van der Waals surface area contributed by atoms with Crippen molar-refractivity contribution in [1.82, 2.24) is 5.32 Å². The van der Waals surface area contributed by atoms with Crippen molar-refractivity contribution < 1.29 is 14.7 Å². The summed E-state index contributed by atoms with van der Waals surface area (Å²) in [4.78, 5) is 22.3. The van der Waals surface area contributed by atoms with E-state index in [4.69, 9.17) is 16.7 Å². The van der Waals surface area contributed by atoms with Crippen molar-refractivity contribution in [1.29, 1.82) is 0 Å². The summed E-state index contributed by atoms with van der Waals surface area (Å²) in [6, 6.07) is 4.89. The maximum absolute atomic E-state index is 11.5. The Hall–Kier alpha value is -2.01. The van der Waals surface area contributed by atoms with Crippen molar-refractivity contribution in [3.8, 4) is 0 Å². The molecule has 0 aliphatic rings. The average Bonchev–Trinajstić information content (AvgIpc) is 2.31. The molecule has 1 aromatic rings. The van der Waals surface area contributed by atoms with Gasteiger partial charge in [-0.1, -0.05) is 17.7 Å². The van der Waals surface area contributed by atoms with Crippen molar-refractivity contribution in [2.24, 2.45) is 0 Å². The highest BCUT2D eigenvalue weighted by atomic mass is 35.5. The van der Waals surface area contributed by atoms with Crippen LogP contribution in [0.25, 0.3) is 0 Å². The van der Waals surface area contributed by atoms with Gasteiger partial charge in [-0.25, -0.2) is 9.59 Å². The van der Waals surface area contributed by atoms with E-state index in [2.05, 4.69) is 17.2 Å². The maximum Gasteiger partial charge on any atom is 0.326 e. The zero-order valence-corrected chi connectivity index (χ0v) is 10.3. The highest BCUT2D eigenvalue weighted by Crippen LogP contribution is 2.13. The number of rotatable bonds is 5. The van der Waals surface area contributed by atoms with Gasteiger partial charge in [-0.3, -0.25) is 0 Å². The maximum atomic E-state index is 11.5. The van der Waals surface area contributed by atoms with Crippen LogP contribution in [0.3, 0.4) is 0 Å². The molecule has 0 saturated carbocycles. The third-order valence-corrected chi connectivity index (χ3v) is 2.36. The molecule has 6 heteroatoms. The number of aliphatic carboxylic acids is 1. The predicted octanol–water partition coefficient (Wildman–Crippen LogP) is 2.49. The minimum Gasteiger partial charge on any atom is -0.480 e. The smallest absolute Gasteiger partial charge is 0.326 e. The fraction of sp³-hybridized carbons (Fsp3) is 0.167. The van der Waals surface area contributed by atoms with Gasteiger partial charge in [-0.2, -0.15) is 0 Å². The number of benzene rings is 1. The van der Waals surface area contributed by atoms with Crippen molar-refractivity contribution in [3.05, 3.63) is 41.9 Å². The largest absolute Gasteiger partial charge is 0.480 e. The lowest BCUT2D eigenvalue weighted by atomic mass is 10.2. The molecule has 0 heterocycles. The molecule has 0 bridgehead atoms.